The van der Waals surface area contributed by atoms with Gasteiger partial charge in [-0.1, -0.05) is 12.1 Å². The minimum absolute atomic E-state index is 0.116. The number of carbonyl (C=O) groups is 2. The van der Waals surface area contributed by atoms with Gasteiger partial charge in [-0.2, -0.15) is 0 Å². The number of fused-ring (bicyclic) bond motifs is 1. The van der Waals surface area contributed by atoms with E-state index in [0.29, 0.717) is 24.8 Å². The summed E-state index contributed by atoms with van der Waals surface area (Å²) in [5, 5.41) is 0. The first-order valence-corrected chi connectivity index (χ1v) is 9.90. The van der Waals surface area contributed by atoms with Gasteiger partial charge >= 0.3 is 0 Å². The first kappa shape index (κ1) is 16.8. The van der Waals surface area contributed by atoms with Crippen LogP contribution in [0.15, 0.2) is 24.3 Å². The minimum atomic E-state index is -0.302. The lowest BCUT2D eigenvalue weighted by molar-refractivity contribution is -0.144. The van der Waals surface area contributed by atoms with E-state index >= 15 is 0 Å². The van der Waals surface area contributed by atoms with Gasteiger partial charge in [0.15, 0.2) is 0 Å². The maximum Gasteiger partial charge on any atom is 0.246 e. The number of carbonyl (C=O) groups excluding carboxylic acids is 2. The van der Waals surface area contributed by atoms with E-state index in [1.807, 2.05) is 34.1 Å². The number of benzene rings is 1. The fraction of sp³-hybridized carbons (Fsp3) is 0.579. The highest BCUT2D eigenvalue weighted by molar-refractivity contribution is 8.01. The summed E-state index contributed by atoms with van der Waals surface area (Å²) in [4.78, 5) is 29.3. The summed E-state index contributed by atoms with van der Waals surface area (Å²) in [7, 11) is 1.65. The Kier molecular flexibility index (Phi) is 4.18. The SMILES string of the molecule is COc1ccc(CN(C(=O)[C@@H]2CS[C@]3(C)CCC(=O)N23)C2CC2)cc1. The molecule has 2 atom stereocenters. The van der Waals surface area contributed by atoms with E-state index in [4.69, 9.17) is 4.74 Å². The van der Waals surface area contributed by atoms with Crippen LogP contribution >= 0.6 is 11.8 Å². The second kappa shape index (κ2) is 6.24. The van der Waals surface area contributed by atoms with Gasteiger partial charge in [0.25, 0.3) is 0 Å². The standard InChI is InChI=1S/C19H24N2O3S/c1-19-10-9-17(22)21(19)16(12-25-19)18(23)20(14-5-6-14)11-13-3-7-15(24-2)8-4-13/h3-4,7-8,14,16H,5-6,9-12H2,1-2H3/t16-,19+/m0/s1. The minimum Gasteiger partial charge on any atom is -0.497 e. The maximum atomic E-state index is 13.3. The van der Waals surface area contributed by atoms with Crippen molar-refractivity contribution in [3.05, 3.63) is 29.8 Å². The summed E-state index contributed by atoms with van der Waals surface area (Å²) in [6.45, 7) is 2.70. The Morgan fingerprint density at radius 2 is 2.08 bits per heavy atom. The molecule has 2 saturated heterocycles. The van der Waals surface area contributed by atoms with Crippen LogP contribution in [0.4, 0.5) is 0 Å². The van der Waals surface area contributed by atoms with Gasteiger partial charge in [-0.25, -0.2) is 0 Å². The molecule has 2 heterocycles. The fourth-order valence-electron chi connectivity index (χ4n) is 3.90. The number of hydrogen-bond acceptors (Lipinski definition) is 4. The van der Waals surface area contributed by atoms with Crippen LogP contribution in [0.5, 0.6) is 5.75 Å². The Labute approximate surface area is 152 Å². The van der Waals surface area contributed by atoms with Crippen LogP contribution < -0.4 is 4.74 Å². The Morgan fingerprint density at radius 1 is 1.36 bits per heavy atom. The third-order valence-corrected chi connectivity index (χ3v) is 7.02. The van der Waals surface area contributed by atoms with Gasteiger partial charge in [0.05, 0.1) is 12.0 Å². The van der Waals surface area contributed by atoms with Crippen LogP contribution in [0.25, 0.3) is 0 Å². The second-order valence-corrected chi connectivity index (χ2v) is 8.81. The summed E-state index contributed by atoms with van der Waals surface area (Å²) < 4.78 is 5.21. The van der Waals surface area contributed by atoms with Crippen LogP contribution in [-0.4, -0.2) is 51.4 Å². The molecule has 3 aliphatic rings. The Balaban J connectivity index is 1.52. The van der Waals surface area contributed by atoms with Gasteiger partial charge in [0.2, 0.25) is 11.8 Å². The lowest BCUT2D eigenvalue weighted by atomic mass is 10.1. The Morgan fingerprint density at radius 3 is 2.72 bits per heavy atom. The van der Waals surface area contributed by atoms with Gasteiger partial charge in [0.1, 0.15) is 11.8 Å². The molecule has 25 heavy (non-hydrogen) atoms. The molecule has 134 valence electrons. The van der Waals surface area contributed by atoms with Crippen LogP contribution in [0.3, 0.4) is 0 Å². The quantitative estimate of drug-likeness (QED) is 0.810. The molecule has 0 spiro atoms. The molecule has 0 N–H and O–H groups in total. The van der Waals surface area contributed by atoms with Crippen LogP contribution in [0.1, 0.15) is 38.2 Å². The lowest BCUT2D eigenvalue weighted by Crippen LogP contribution is -2.51. The van der Waals surface area contributed by atoms with Gasteiger partial charge < -0.3 is 14.5 Å². The third kappa shape index (κ3) is 3.01. The predicted molar refractivity (Wildman–Crippen MR) is 97.3 cm³/mol. The summed E-state index contributed by atoms with van der Waals surface area (Å²) in [6, 6.07) is 7.90. The van der Waals surface area contributed by atoms with E-state index in [2.05, 4.69) is 6.92 Å². The highest BCUT2D eigenvalue weighted by atomic mass is 32.2. The molecule has 0 unspecified atom stereocenters. The van der Waals surface area contributed by atoms with Crippen molar-refractivity contribution < 1.29 is 14.3 Å². The zero-order valence-electron chi connectivity index (χ0n) is 14.7. The number of ether oxygens (including phenoxy) is 1. The molecule has 1 aliphatic carbocycles. The molecule has 2 aliphatic heterocycles. The van der Waals surface area contributed by atoms with Crippen LogP contribution in [0, 0.1) is 0 Å². The van der Waals surface area contributed by atoms with Crippen molar-refractivity contribution in [1.29, 1.82) is 0 Å². The van der Waals surface area contributed by atoms with Crippen LogP contribution in [0.2, 0.25) is 0 Å². The van der Waals surface area contributed by atoms with E-state index in [1.165, 1.54) is 0 Å². The van der Waals surface area contributed by atoms with Crippen molar-refractivity contribution in [2.75, 3.05) is 12.9 Å². The third-order valence-electron chi connectivity index (χ3n) is 5.51. The first-order chi connectivity index (χ1) is 12.0. The number of nitrogens with zero attached hydrogens (tertiary/aromatic N) is 2. The summed E-state index contributed by atoms with van der Waals surface area (Å²) in [6.07, 6.45) is 3.54. The van der Waals surface area contributed by atoms with Gasteiger partial charge in [-0.05, 0) is 43.9 Å². The van der Waals surface area contributed by atoms with Gasteiger partial charge in [-0.15, -0.1) is 11.8 Å². The molecule has 6 heteroatoms. The largest absolute Gasteiger partial charge is 0.497 e. The normalized spacial score (nSPS) is 28.2. The van der Waals surface area contributed by atoms with Gasteiger partial charge in [-0.3, -0.25) is 9.59 Å². The topological polar surface area (TPSA) is 49.9 Å². The lowest BCUT2D eigenvalue weighted by Gasteiger charge is -2.33. The molecule has 4 rings (SSSR count). The fourth-order valence-corrected chi connectivity index (χ4v) is 5.32. The number of hydrogen-bond donors (Lipinski definition) is 0. The molecule has 1 aromatic rings. The summed E-state index contributed by atoms with van der Waals surface area (Å²) in [5.74, 6) is 1.78. The molecular formula is C19H24N2O3S. The Bertz CT molecular complexity index is 688. The molecule has 3 fully saturated rings. The molecule has 0 bridgehead atoms. The molecule has 1 aromatic carbocycles. The smallest absolute Gasteiger partial charge is 0.246 e. The van der Waals surface area contributed by atoms with Crippen molar-refractivity contribution in [2.24, 2.45) is 0 Å². The van der Waals surface area contributed by atoms with Crippen molar-refractivity contribution in [2.45, 2.75) is 56.1 Å². The van der Waals surface area contributed by atoms with Crippen molar-refractivity contribution in [1.82, 2.24) is 9.80 Å². The molecule has 5 nitrogen and oxygen atoms in total. The number of amides is 2. The average molecular weight is 360 g/mol. The van der Waals surface area contributed by atoms with E-state index in [-0.39, 0.29) is 22.7 Å². The average Bonchev–Trinajstić information content (AvgIpc) is 3.34. The zero-order valence-corrected chi connectivity index (χ0v) is 15.6. The van der Waals surface area contributed by atoms with Crippen molar-refractivity contribution in [3.8, 4) is 5.75 Å². The van der Waals surface area contributed by atoms with E-state index in [0.717, 1.165) is 30.6 Å². The van der Waals surface area contributed by atoms with E-state index in [9.17, 15) is 9.59 Å². The zero-order chi connectivity index (χ0) is 17.6. The molecule has 2 amide bonds. The molecule has 0 radical (unpaired) electrons. The van der Waals surface area contributed by atoms with Crippen molar-refractivity contribution in [3.63, 3.8) is 0 Å². The number of rotatable bonds is 5. The predicted octanol–water partition coefficient (Wildman–Crippen LogP) is 2.64. The van der Waals surface area contributed by atoms with Gasteiger partial charge in [0, 0.05) is 24.8 Å². The highest BCUT2D eigenvalue weighted by Gasteiger charge is 2.54. The molecule has 1 saturated carbocycles. The van der Waals surface area contributed by atoms with E-state index < -0.39 is 0 Å². The monoisotopic (exact) mass is 360 g/mol. The van der Waals surface area contributed by atoms with Crippen LogP contribution in [-0.2, 0) is 16.1 Å². The molecular weight excluding hydrogens is 336 g/mol. The number of thioether (sulfide) groups is 1. The van der Waals surface area contributed by atoms with E-state index in [1.54, 1.807) is 18.9 Å². The summed E-state index contributed by atoms with van der Waals surface area (Å²) in [5.41, 5.74) is 1.10. The second-order valence-electron chi connectivity index (χ2n) is 7.31. The van der Waals surface area contributed by atoms with Crippen molar-refractivity contribution >= 4 is 23.6 Å². The summed E-state index contributed by atoms with van der Waals surface area (Å²) >= 11 is 1.76. The first-order valence-electron chi connectivity index (χ1n) is 8.91. The number of methoxy groups -OCH3 is 1. The maximum absolute atomic E-state index is 13.3. The highest BCUT2D eigenvalue weighted by Crippen LogP contribution is 2.48. The molecule has 0 aromatic heterocycles. The Hall–Kier alpha value is -1.69.